The van der Waals surface area contributed by atoms with Gasteiger partial charge >= 0.3 is 12.1 Å². The molecule has 4 N–H and O–H groups in total. The van der Waals surface area contributed by atoms with Crippen LogP contribution in [0.5, 0.6) is 5.75 Å². The van der Waals surface area contributed by atoms with Gasteiger partial charge in [0.05, 0.1) is 0 Å². The molecule has 0 atom stereocenters. The molecule has 0 heterocycles. The van der Waals surface area contributed by atoms with Crippen molar-refractivity contribution >= 4 is 23.5 Å². The molecule has 0 aliphatic carbocycles. The Labute approximate surface area is 173 Å². The second-order valence-electron chi connectivity index (χ2n) is 7.80. The summed E-state index contributed by atoms with van der Waals surface area (Å²) in [5, 5.41) is 17.4. The summed E-state index contributed by atoms with van der Waals surface area (Å²) in [5.74, 6) is -2.32. The number of carbonyl (C=O) groups excluding carboxylic acids is 1. The molecule has 0 aromatic heterocycles. The third kappa shape index (κ3) is 5.62. The Morgan fingerprint density at radius 2 is 1.73 bits per heavy atom. The zero-order valence-electron chi connectivity index (χ0n) is 16.9. The molecule has 2 aromatic carbocycles. The molecule has 0 saturated carbocycles. The number of anilines is 1. The highest BCUT2D eigenvalue weighted by atomic mass is 19.4. The molecular formula is C22H24F3N3O2. The summed E-state index contributed by atoms with van der Waals surface area (Å²) in [6, 6.07) is 10.6. The zero-order chi connectivity index (χ0) is 22.7. The smallest absolute Gasteiger partial charge is 0.471 e. The number of hydrogen-bond donors (Lipinski definition) is 3. The number of rotatable bonds is 5. The average Bonchev–Trinajstić information content (AvgIpc) is 2.64. The average molecular weight is 419 g/mol. The second kappa shape index (κ2) is 8.61. The second-order valence-corrected chi connectivity index (χ2v) is 7.80. The van der Waals surface area contributed by atoms with Gasteiger partial charge in [-0.05, 0) is 41.3 Å². The van der Waals surface area contributed by atoms with E-state index in [4.69, 9.17) is 11.1 Å². The molecule has 160 valence electrons. The van der Waals surface area contributed by atoms with E-state index in [1.165, 1.54) is 42.5 Å². The third-order valence-corrected chi connectivity index (χ3v) is 4.46. The maximum absolute atomic E-state index is 13.1. The van der Waals surface area contributed by atoms with Crippen molar-refractivity contribution in [1.82, 2.24) is 0 Å². The number of phenolic OH excluding ortho intramolecular Hbond substituents is 1. The molecule has 0 aliphatic heterocycles. The Bertz CT molecular complexity index is 959. The fourth-order valence-electron chi connectivity index (χ4n) is 2.74. The van der Waals surface area contributed by atoms with Crippen LogP contribution in [0.1, 0.15) is 37.5 Å². The molecule has 0 saturated heterocycles. The van der Waals surface area contributed by atoms with Gasteiger partial charge in [0.15, 0.2) is 0 Å². The van der Waals surface area contributed by atoms with Crippen LogP contribution in [-0.2, 0) is 10.2 Å². The maximum Gasteiger partial charge on any atom is 0.471 e. The Balaban J connectivity index is 2.33. The molecule has 0 aliphatic rings. The normalized spacial score (nSPS) is 12.2. The van der Waals surface area contributed by atoms with Gasteiger partial charge in [-0.2, -0.15) is 13.2 Å². The van der Waals surface area contributed by atoms with Crippen molar-refractivity contribution in [3.8, 4) is 5.75 Å². The van der Waals surface area contributed by atoms with Gasteiger partial charge < -0.3 is 15.7 Å². The van der Waals surface area contributed by atoms with Crippen molar-refractivity contribution < 1.29 is 23.1 Å². The molecule has 30 heavy (non-hydrogen) atoms. The lowest BCUT2D eigenvalue weighted by Gasteiger charge is -2.24. The van der Waals surface area contributed by atoms with Crippen LogP contribution in [0.2, 0.25) is 0 Å². The number of phenols is 1. The first kappa shape index (κ1) is 23.0. The summed E-state index contributed by atoms with van der Waals surface area (Å²) in [4.78, 5) is 12.6. The topological polar surface area (TPSA) is 90.4 Å². The Morgan fingerprint density at radius 1 is 1.13 bits per heavy atom. The predicted octanol–water partition coefficient (Wildman–Crippen LogP) is 4.58. The van der Waals surface area contributed by atoms with E-state index in [1.807, 2.05) is 20.8 Å². The monoisotopic (exact) mass is 419 g/mol. The molecular weight excluding hydrogens is 395 g/mol. The standard InChI is InChI=1S/C22H24F3N3O2/c1-21(2,3)16-7-9-17(10-8-16)28(20(30)22(23,24)25)12-4-5-14-13-15(19(26)27)6-11-18(14)29/h4-11,13,29H,12H2,1-3H3,(H3,26,27)/b5-4+. The molecule has 0 bridgehead atoms. The van der Waals surface area contributed by atoms with Crippen molar-refractivity contribution in [3.63, 3.8) is 0 Å². The number of benzene rings is 2. The van der Waals surface area contributed by atoms with Gasteiger partial charge in [0.1, 0.15) is 11.6 Å². The van der Waals surface area contributed by atoms with Crippen molar-refractivity contribution in [1.29, 1.82) is 5.41 Å². The van der Waals surface area contributed by atoms with Gasteiger partial charge in [-0.1, -0.05) is 45.1 Å². The molecule has 0 radical (unpaired) electrons. The van der Waals surface area contributed by atoms with Crippen molar-refractivity contribution in [2.75, 3.05) is 11.4 Å². The van der Waals surface area contributed by atoms with E-state index >= 15 is 0 Å². The van der Waals surface area contributed by atoms with E-state index in [2.05, 4.69) is 0 Å². The lowest BCUT2D eigenvalue weighted by molar-refractivity contribution is -0.170. The van der Waals surface area contributed by atoms with Crippen LogP contribution in [0.4, 0.5) is 18.9 Å². The van der Waals surface area contributed by atoms with E-state index < -0.39 is 12.1 Å². The lowest BCUT2D eigenvalue weighted by Crippen LogP contribution is -2.41. The van der Waals surface area contributed by atoms with Crippen LogP contribution >= 0.6 is 0 Å². The quantitative estimate of drug-likeness (QED) is 0.489. The molecule has 5 nitrogen and oxygen atoms in total. The Kier molecular flexibility index (Phi) is 6.60. The fourth-order valence-corrected chi connectivity index (χ4v) is 2.74. The van der Waals surface area contributed by atoms with E-state index in [0.717, 1.165) is 5.56 Å². The van der Waals surface area contributed by atoms with E-state index in [0.29, 0.717) is 10.5 Å². The van der Waals surface area contributed by atoms with Gasteiger partial charge in [-0.15, -0.1) is 0 Å². The minimum Gasteiger partial charge on any atom is -0.507 e. The first-order chi connectivity index (χ1) is 13.8. The van der Waals surface area contributed by atoms with E-state index in [1.54, 1.807) is 12.1 Å². The first-order valence-corrected chi connectivity index (χ1v) is 9.14. The van der Waals surface area contributed by atoms with E-state index in [-0.39, 0.29) is 34.8 Å². The van der Waals surface area contributed by atoms with Crippen molar-refractivity contribution in [2.24, 2.45) is 5.73 Å². The first-order valence-electron chi connectivity index (χ1n) is 9.14. The summed E-state index contributed by atoms with van der Waals surface area (Å²) < 4.78 is 39.4. The largest absolute Gasteiger partial charge is 0.507 e. The predicted molar refractivity (Wildman–Crippen MR) is 112 cm³/mol. The molecule has 0 unspecified atom stereocenters. The van der Waals surface area contributed by atoms with Gasteiger partial charge in [-0.25, -0.2) is 0 Å². The number of alkyl halides is 3. The number of amides is 1. The number of aromatic hydroxyl groups is 1. The van der Waals surface area contributed by atoms with Crippen LogP contribution in [-0.4, -0.2) is 29.6 Å². The van der Waals surface area contributed by atoms with Crippen LogP contribution in [0.15, 0.2) is 48.5 Å². The Hall–Kier alpha value is -3.29. The number of nitrogens with zero attached hydrogens (tertiary/aromatic N) is 1. The highest BCUT2D eigenvalue weighted by Crippen LogP contribution is 2.28. The number of nitrogens with one attached hydrogen (secondary N) is 1. The summed E-state index contributed by atoms with van der Waals surface area (Å²) in [7, 11) is 0. The number of halogens is 3. The third-order valence-electron chi connectivity index (χ3n) is 4.46. The summed E-state index contributed by atoms with van der Waals surface area (Å²) in [6.07, 6.45) is -2.32. The van der Waals surface area contributed by atoms with Crippen molar-refractivity contribution in [3.05, 3.63) is 65.2 Å². The van der Waals surface area contributed by atoms with Gasteiger partial charge in [0.25, 0.3) is 0 Å². The van der Waals surface area contributed by atoms with Crippen LogP contribution in [0.3, 0.4) is 0 Å². The number of nitrogen functional groups attached to an aromatic ring is 1. The maximum atomic E-state index is 13.1. The van der Waals surface area contributed by atoms with Crippen LogP contribution < -0.4 is 10.6 Å². The van der Waals surface area contributed by atoms with Crippen LogP contribution in [0, 0.1) is 5.41 Å². The Morgan fingerprint density at radius 3 is 2.23 bits per heavy atom. The van der Waals surface area contributed by atoms with Gasteiger partial charge in [0, 0.05) is 23.4 Å². The zero-order valence-corrected chi connectivity index (χ0v) is 16.9. The number of carbonyl (C=O) groups is 1. The SMILES string of the molecule is CC(C)(C)c1ccc(N(C/C=C/c2cc(C(=N)N)ccc2O)C(=O)C(F)(F)F)cc1. The highest BCUT2D eigenvalue weighted by Gasteiger charge is 2.42. The minimum atomic E-state index is -5.03. The lowest BCUT2D eigenvalue weighted by atomic mass is 9.87. The highest BCUT2D eigenvalue weighted by molar-refractivity contribution is 5.98. The van der Waals surface area contributed by atoms with Crippen LogP contribution in [0.25, 0.3) is 6.08 Å². The molecule has 2 aromatic rings. The molecule has 0 spiro atoms. The van der Waals surface area contributed by atoms with Crippen molar-refractivity contribution in [2.45, 2.75) is 32.4 Å². The molecule has 8 heteroatoms. The van der Waals surface area contributed by atoms with E-state index in [9.17, 15) is 23.1 Å². The molecule has 0 fully saturated rings. The summed E-state index contributed by atoms with van der Waals surface area (Å²) >= 11 is 0. The molecule has 2 rings (SSSR count). The molecule has 1 amide bonds. The van der Waals surface area contributed by atoms with Gasteiger partial charge in [-0.3, -0.25) is 10.2 Å². The minimum absolute atomic E-state index is 0.108. The summed E-state index contributed by atoms with van der Waals surface area (Å²) in [5.41, 5.74) is 6.89. The summed E-state index contributed by atoms with van der Waals surface area (Å²) in [6.45, 7) is 5.57. The number of nitrogens with two attached hydrogens (primary N) is 1. The van der Waals surface area contributed by atoms with Gasteiger partial charge in [0.2, 0.25) is 0 Å². The number of amidine groups is 1. The fraction of sp³-hybridized carbons (Fsp3) is 0.273. The number of hydrogen-bond acceptors (Lipinski definition) is 3.